The highest BCUT2D eigenvalue weighted by molar-refractivity contribution is 8.01. The Morgan fingerprint density at radius 1 is 1.21 bits per heavy atom. The van der Waals surface area contributed by atoms with Crippen molar-refractivity contribution >= 4 is 33.4 Å². The van der Waals surface area contributed by atoms with Gasteiger partial charge in [-0.1, -0.05) is 12.1 Å². The Labute approximate surface area is 143 Å². The Bertz CT molecular complexity index is 883. The van der Waals surface area contributed by atoms with Crippen molar-refractivity contribution in [3.05, 3.63) is 53.8 Å². The minimum Gasteiger partial charge on any atom is -0.324 e. The van der Waals surface area contributed by atoms with Crippen molar-refractivity contribution in [2.75, 3.05) is 5.32 Å². The Hall–Kier alpha value is -1.90. The van der Waals surface area contributed by atoms with Crippen molar-refractivity contribution in [2.45, 2.75) is 28.5 Å². The van der Waals surface area contributed by atoms with E-state index in [1.807, 2.05) is 0 Å². The molecule has 0 aliphatic carbocycles. The van der Waals surface area contributed by atoms with Gasteiger partial charge in [0.1, 0.15) is 5.82 Å². The number of halogens is 1. The largest absolute Gasteiger partial charge is 0.324 e. The number of anilines is 1. The van der Waals surface area contributed by atoms with Gasteiger partial charge in [0.05, 0.1) is 15.8 Å². The van der Waals surface area contributed by atoms with Gasteiger partial charge in [0, 0.05) is 11.4 Å². The van der Waals surface area contributed by atoms with Gasteiger partial charge < -0.3 is 5.32 Å². The number of nitrogens with one attached hydrogen (secondary N) is 2. The van der Waals surface area contributed by atoms with Crippen LogP contribution in [0.2, 0.25) is 0 Å². The molecule has 1 aliphatic heterocycles. The molecule has 0 fully saturated rings. The molecule has 0 radical (unpaired) electrons. The average Bonchev–Trinajstić information content (AvgIpc) is 2.55. The van der Waals surface area contributed by atoms with Crippen LogP contribution in [0.25, 0.3) is 0 Å². The lowest BCUT2D eigenvalue weighted by Crippen LogP contribution is -2.27. The molecular weight excluding hydrogens is 351 g/mol. The van der Waals surface area contributed by atoms with Crippen molar-refractivity contribution in [2.24, 2.45) is 0 Å². The van der Waals surface area contributed by atoms with Gasteiger partial charge in [-0.2, -0.15) is 0 Å². The molecule has 1 amide bonds. The standard InChI is InChI=1S/C16H15FN2O3S2/c1-10-16(20)19-14-8-13(6-7-15(14)23-10)24(21,22)18-9-11-2-4-12(17)5-3-11/h2-8,10,18H,9H2,1H3,(H,19,20)/t10-/m1/s1. The average molecular weight is 366 g/mol. The molecule has 0 saturated carbocycles. The van der Waals surface area contributed by atoms with Crippen molar-refractivity contribution in [1.82, 2.24) is 4.72 Å². The summed E-state index contributed by atoms with van der Waals surface area (Å²) in [4.78, 5) is 12.6. The summed E-state index contributed by atoms with van der Waals surface area (Å²) in [6, 6.07) is 10.2. The molecule has 2 aromatic rings. The fourth-order valence-electron chi connectivity index (χ4n) is 2.22. The summed E-state index contributed by atoms with van der Waals surface area (Å²) < 4.78 is 40.1. The maximum atomic E-state index is 12.9. The molecule has 0 saturated heterocycles. The van der Waals surface area contributed by atoms with Crippen LogP contribution in [0.4, 0.5) is 10.1 Å². The second-order valence-corrected chi connectivity index (χ2v) is 8.51. The van der Waals surface area contributed by atoms with Crippen LogP contribution in [0.15, 0.2) is 52.3 Å². The predicted octanol–water partition coefficient (Wildman–Crippen LogP) is 2.74. The van der Waals surface area contributed by atoms with Crippen molar-refractivity contribution < 1.29 is 17.6 Å². The predicted molar refractivity (Wildman–Crippen MR) is 90.8 cm³/mol. The van der Waals surface area contributed by atoms with E-state index < -0.39 is 10.0 Å². The van der Waals surface area contributed by atoms with Gasteiger partial charge >= 0.3 is 0 Å². The van der Waals surface area contributed by atoms with E-state index in [1.54, 1.807) is 13.0 Å². The fourth-order valence-corrected chi connectivity index (χ4v) is 4.19. The van der Waals surface area contributed by atoms with Crippen LogP contribution in [0.5, 0.6) is 0 Å². The molecule has 1 aliphatic rings. The van der Waals surface area contributed by atoms with Gasteiger partial charge in [-0.25, -0.2) is 17.5 Å². The van der Waals surface area contributed by atoms with E-state index in [1.165, 1.54) is 48.2 Å². The van der Waals surface area contributed by atoms with Crippen LogP contribution in [-0.2, 0) is 21.4 Å². The fraction of sp³-hybridized carbons (Fsp3) is 0.188. The zero-order valence-corrected chi connectivity index (χ0v) is 14.4. The van der Waals surface area contributed by atoms with Crippen LogP contribution < -0.4 is 10.0 Å². The monoisotopic (exact) mass is 366 g/mol. The van der Waals surface area contributed by atoms with Crippen LogP contribution in [-0.4, -0.2) is 19.6 Å². The first-order chi connectivity index (χ1) is 11.3. The number of benzene rings is 2. The SMILES string of the molecule is C[C@H]1Sc2ccc(S(=O)(=O)NCc3ccc(F)cc3)cc2NC1=O. The van der Waals surface area contributed by atoms with E-state index in [0.717, 1.165) is 4.90 Å². The van der Waals surface area contributed by atoms with Crippen LogP contribution in [0, 0.1) is 5.82 Å². The van der Waals surface area contributed by atoms with Crippen molar-refractivity contribution in [3.8, 4) is 0 Å². The topological polar surface area (TPSA) is 75.3 Å². The molecular formula is C16H15FN2O3S2. The van der Waals surface area contributed by atoms with Gasteiger partial charge in [-0.15, -0.1) is 11.8 Å². The quantitative estimate of drug-likeness (QED) is 0.872. The summed E-state index contributed by atoms with van der Waals surface area (Å²) in [5.74, 6) is -0.528. The molecule has 2 aromatic carbocycles. The Morgan fingerprint density at radius 3 is 2.62 bits per heavy atom. The summed E-state index contributed by atoms with van der Waals surface area (Å²) >= 11 is 1.39. The van der Waals surface area contributed by atoms with E-state index in [2.05, 4.69) is 10.0 Å². The zero-order chi connectivity index (χ0) is 17.3. The first-order valence-corrected chi connectivity index (χ1v) is 9.57. The van der Waals surface area contributed by atoms with Crippen molar-refractivity contribution in [1.29, 1.82) is 0 Å². The number of thioether (sulfide) groups is 1. The lowest BCUT2D eigenvalue weighted by Gasteiger charge is -2.21. The maximum absolute atomic E-state index is 12.9. The number of hydrogen-bond donors (Lipinski definition) is 2. The number of hydrogen-bond acceptors (Lipinski definition) is 4. The van der Waals surface area contributed by atoms with Crippen LogP contribution in [0.3, 0.4) is 0 Å². The zero-order valence-electron chi connectivity index (χ0n) is 12.7. The second kappa shape index (κ2) is 6.54. The van der Waals surface area contributed by atoms with Gasteiger partial charge in [0.15, 0.2) is 0 Å². The summed E-state index contributed by atoms with van der Waals surface area (Å²) in [5, 5.41) is 2.50. The summed E-state index contributed by atoms with van der Waals surface area (Å²) in [5.41, 5.74) is 1.14. The van der Waals surface area contributed by atoms with E-state index in [9.17, 15) is 17.6 Å². The van der Waals surface area contributed by atoms with E-state index in [4.69, 9.17) is 0 Å². The Kier molecular flexibility index (Phi) is 4.62. The number of carbonyl (C=O) groups excluding carboxylic acids is 1. The molecule has 126 valence electrons. The van der Waals surface area contributed by atoms with Crippen LogP contribution >= 0.6 is 11.8 Å². The molecule has 0 unspecified atom stereocenters. The highest BCUT2D eigenvalue weighted by Gasteiger charge is 2.25. The van der Waals surface area contributed by atoms with Crippen molar-refractivity contribution in [3.63, 3.8) is 0 Å². The third kappa shape index (κ3) is 3.61. The minimum atomic E-state index is -3.74. The Balaban J connectivity index is 1.78. The lowest BCUT2D eigenvalue weighted by molar-refractivity contribution is -0.115. The molecule has 2 N–H and O–H groups in total. The first-order valence-electron chi connectivity index (χ1n) is 7.21. The number of carbonyl (C=O) groups is 1. The molecule has 5 nitrogen and oxygen atoms in total. The number of sulfonamides is 1. The molecule has 8 heteroatoms. The molecule has 1 heterocycles. The van der Waals surface area contributed by atoms with E-state index >= 15 is 0 Å². The third-order valence-electron chi connectivity index (χ3n) is 3.57. The molecule has 0 spiro atoms. The Morgan fingerprint density at radius 2 is 1.92 bits per heavy atom. The second-order valence-electron chi connectivity index (χ2n) is 5.36. The minimum absolute atomic E-state index is 0.0534. The third-order valence-corrected chi connectivity index (χ3v) is 6.15. The maximum Gasteiger partial charge on any atom is 0.240 e. The van der Waals surface area contributed by atoms with Gasteiger partial charge in [0.25, 0.3) is 0 Å². The van der Waals surface area contributed by atoms with E-state index in [0.29, 0.717) is 11.3 Å². The van der Waals surface area contributed by atoms with E-state index in [-0.39, 0.29) is 28.4 Å². The van der Waals surface area contributed by atoms with Gasteiger partial charge in [0.2, 0.25) is 15.9 Å². The van der Waals surface area contributed by atoms with Crippen LogP contribution in [0.1, 0.15) is 12.5 Å². The first kappa shape index (κ1) is 16.9. The molecule has 24 heavy (non-hydrogen) atoms. The summed E-state index contributed by atoms with van der Waals surface area (Å²) in [6.07, 6.45) is 0. The highest BCUT2D eigenvalue weighted by atomic mass is 32.2. The smallest absolute Gasteiger partial charge is 0.240 e. The molecule has 0 aromatic heterocycles. The highest BCUT2D eigenvalue weighted by Crippen LogP contribution is 2.36. The summed E-state index contributed by atoms with van der Waals surface area (Å²) in [6.45, 7) is 1.84. The number of amides is 1. The number of rotatable bonds is 4. The normalized spacial score (nSPS) is 17.2. The van der Waals surface area contributed by atoms with Gasteiger partial charge in [-0.05, 0) is 42.8 Å². The van der Waals surface area contributed by atoms with Gasteiger partial charge in [-0.3, -0.25) is 4.79 Å². The molecule has 1 atom stereocenters. The lowest BCUT2D eigenvalue weighted by atomic mass is 10.2. The molecule has 0 bridgehead atoms. The summed E-state index contributed by atoms with van der Waals surface area (Å²) in [7, 11) is -3.74. The molecule has 3 rings (SSSR count). The number of fused-ring (bicyclic) bond motifs is 1.